The first-order chi connectivity index (χ1) is 16.7. The van der Waals surface area contributed by atoms with E-state index in [0.717, 1.165) is 16.6 Å². The largest absolute Gasteiger partial charge is 0.472 e. The number of nitrogens with zero attached hydrogens (tertiary/aromatic N) is 7. The van der Waals surface area contributed by atoms with Crippen molar-refractivity contribution in [3.8, 4) is 0 Å². The van der Waals surface area contributed by atoms with Gasteiger partial charge in [-0.05, 0) is 18.2 Å². The third-order valence-corrected chi connectivity index (χ3v) is 5.90. The van der Waals surface area contributed by atoms with E-state index in [1.54, 1.807) is 17.2 Å². The Balaban J connectivity index is 1.40. The maximum absolute atomic E-state index is 10.4. The molecule has 1 aliphatic rings. The second-order valence-electron chi connectivity index (χ2n) is 7.90. The van der Waals surface area contributed by atoms with Gasteiger partial charge in [-0.2, -0.15) is 0 Å². The Labute approximate surface area is 191 Å². The second kappa shape index (κ2) is 8.14. The molecule has 4 N–H and O–H groups in total. The van der Waals surface area contributed by atoms with Crippen LogP contribution in [-0.2, 0) is 4.74 Å². The molecule has 1 fully saturated rings. The number of nitrogens with one attached hydrogen (secondary N) is 1. The zero-order chi connectivity index (χ0) is 23.2. The number of hydrogen-bond acceptors (Lipinski definition) is 11. The summed E-state index contributed by atoms with van der Waals surface area (Å²) in [5, 5.41) is 41.9. The van der Waals surface area contributed by atoms with Gasteiger partial charge in [-0.3, -0.25) is 4.57 Å². The van der Waals surface area contributed by atoms with Crippen LogP contribution in [0, 0.1) is 0 Å². The summed E-state index contributed by atoms with van der Waals surface area (Å²) >= 11 is 0. The molecule has 1 aromatic carbocycles. The fourth-order valence-electron chi connectivity index (χ4n) is 4.18. The van der Waals surface area contributed by atoms with Crippen molar-refractivity contribution in [2.24, 2.45) is 0 Å². The number of rotatable bonds is 6. The zero-order valence-electron chi connectivity index (χ0n) is 17.6. The van der Waals surface area contributed by atoms with E-state index in [9.17, 15) is 15.3 Å². The standard InChI is InChI=1S/C21H20N8O5/c30-7-14-16(31)17(32)21(34-14)28-10-24-15-18(22-9-23-20(15)28)25-19(11-5-6-33-8-11)29-13-4-2-1-3-12(13)26-27-29/h1-6,8-10,14,16-17,19,21,30-32H,7H2,(H,22,23,25)/t14-,16-,17-,19?,21-/m1/s1. The van der Waals surface area contributed by atoms with Crippen LogP contribution < -0.4 is 5.32 Å². The van der Waals surface area contributed by atoms with Crippen molar-refractivity contribution in [1.82, 2.24) is 34.5 Å². The maximum Gasteiger partial charge on any atom is 0.167 e. The smallest absolute Gasteiger partial charge is 0.167 e. The van der Waals surface area contributed by atoms with Gasteiger partial charge in [0.05, 0.1) is 31.0 Å². The Hall–Kier alpha value is -3.91. The molecule has 5 heterocycles. The quantitative estimate of drug-likeness (QED) is 0.275. The van der Waals surface area contributed by atoms with E-state index in [-0.39, 0.29) is 0 Å². The van der Waals surface area contributed by atoms with Crippen molar-refractivity contribution in [2.45, 2.75) is 30.7 Å². The average Bonchev–Trinajstić information content (AvgIpc) is 3.65. The molecule has 1 unspecified atom stereocenters. The van der Waals surface area contributed by atoms with Crippen LogP contribution in [0.3, 0.4) is 0 Å². The molecule has 0 amide bonds. The van der Waals surface area contributed by atoms with E-state index in [1.165, 1.54) is 17.2 Å². The van der Waals surface area contributed by atoms with E-state index in [0.29, 0.717) is 17.0 Å². The van der Waals surface area contributed by atoms with E-state index < -0.39 is 37.3 Å². The van der Waals surface area contributed by atoms with Gasteiger partial charge in [0.25, 0.3) is 0 Å². The lowest BCUT2D eigenvalue weighted by molar-refractivity contribution is -0.0511. The van der Waals surface area contributed by atoms with Gasteiger partial charge in [-0.25, -0.2) is 19.6 Å². The molecular formula is C21H20N8O5. The first kappa shape index (κ1) is 20.7. The summed E-state index contributed by atoms with van der Waals surface area (Å²) in [6, 6.07) is 9.39. The van der Waals surface area contributed by atoms with Gasteiger partial charge in [0.15, 0.2) is 29.4 Å². The van der Waals surface area contributed by atoms with Crippen LogP contribution in [0.4, 0.5) is 5.82 Å². The molecule has 1 aliphatic heterocycles. The number of benzene rings is 1. The maximum atomic E-state index is 10.4. The number of imidazole rings is 1. The number of ether oxygens (including phenoxy) is 1. The molecule has 0 radical (unpaired) electrons. The van der Waals surface area contributed by atoms with Gasteiger partial charge in [-0.1, -0.05) is 17.3 Å². The van der Waals surface area contributed by atoms with Crippen LogP contribution >= 0.6 is 0 Å². The molecule has 6 rings (SSSR count). The lowest BCUT2D eigenvalue weighted by Gasteiger charge is -2.19. The molecule has 0 aliphatic carbocycles. The highest BCUT2D eigenvalue weighted by Crippen LogP contribution is 2.33. The van der Waals surface area contributed by atoms with E-state index >= 15 is 0 Å². The van der Waals surface area contributed by atoms with Gasteiger partial charge < -0.3 is 29.8 Å². The molecule has 5 atom stereocenters. The van der Waals surface area contributed by atoms with E-state index in [2.05, 4.69) is 30.6 Å². The Bertz CT molecular complexity index is 1430. The number of hydrogen-bond donors (Lipinski definition) is 4. The molecule has 0 spiro atoms. The minimum absolute atomic E-state index is 0.377. The topological polar surface area (TPSA) is 169 Å². The molecule has 13 nitrogen and oxygen atoms in total. The third kappa shape index (κ3) is 3.21. The number of aromatic nitrogens is 7. The Morgan fingerprint density at radius 2 is 1.97 bits per heavy atom. The summed E-state index contributed by atoms with van der Waals surface area (Å²) in [7, 11) is 0. The van der Waals surface area contributed by atoms with Gasteiger partial charge in [0.1, 0.15) is 30.2 Å². The zero-order valence-corrected chi connectivity index (χ0v) is 17.6. The summed E-state index contributed by atoms with van der Waals surface area (Å²) in [5.74, 6) is 0.404. The Morgan fingerprint density at radius 3 is 2.76 bits per heavy atom. The van der Waals surface area contributed by atoms with Crippen LogP contribution in [0.5, 0.6) is 0 Å². The predicted molar refractivity (Wildman–Crippen MR) is 116 cm³/mol. The van der Waals surface area contributed by atoms with E-state index in [4.69, 9.17) is 9.15 Å². The van der Waals surface area contributed by atoms with Crippen molar-refractivity contribution in [1.29, 1.82) is 0 Å². The van der Waals surface area contributed by atoms with Crippen LogP contribution in [0.2, 0.25) is 0 Å². The van der Waals surface area contributed by atoms with Crippen LogP contribution in [0.1, 0.15) is 18.0 Å². The lowest BCUT2D eigenvalue weighted by Crippen LogP contribution is -2.33. The Morgan fingerprint density at radius 1 is 1.09 bits per heavy atom. The number of aliphatic hydroxyl groups is 3. The summed E-state index contributed by atoms with van der Waals surface area (Å²) in [6.45, 7) is -0.429. The third-order valence-electron chi connectivity index (χ3n) is 5.90. The molecule has 174 valence electrons. The van der Waals surface area contributed by atoms with Crippen molar-refractivity contribution < 1.29 is 24.5 Å². The van der Waals surface area contributed by atoms with Crippen molar-refractivity contribution in [2.75, 3.05) is 11.9 Å². The summed E-state index contributed by atoms with van der Waals surface area (Å²) in [4.78, 5) is 13.1. The van der Waals surface area contributed by atoms with Crippen LogP contribution in [-0.4, -0.2) is 74.8 Å². The average molecular weight is 464 g/mol. The first-order valence-electron chi connectivity index (χ1n) is 10.5. The molecule has 13 heteroatoms. The highest BCUT2D eigenvalue weighted by atomic mass is 16.6. The second-order valence-corrected chi connectivity index (χ2v) is 7.90. The molecule has 34 heavy (non-hydrogen) atoms. The molecule has 5 aromatic rings. The van der Waals surface area contributed by atoms with Gasteiger partial charge in [-0.15, -0.1) is 5.10 Å². The van der Waals surface area contributed by atoms with Crippen molar-refractivity contribution in [3.63, 3.8) is 0 Å². The molecular weight excluding hydrogens is 444 g/mol. The normalized spacial score (nSPS) is 23.6. The van der Waals surface area contributed by atoms with E-state index in [1.807, 2.05) is 30.3 Å². The highest BCUT2D eigenvalue weighted by molar-refractivity contribution is 5.83. The van der Waals surface area contributed by atoms with Crippen molar-refractivity contribution >= 4 is 28.0 Å². The molecule has 0 bridgehead atoms. The molecule has 0 saturated carbocycles. The number of fused-ring (bicyclic) bond motifs is 2. The number of anilines is 1. The molecule has 1 saturated heterocycles. The predicted octanol–water partition coefficient (Wildman–Crippen LogP) is 0.434. The summed E-state index contributed by atoms with van der Waals surface area (Å²) in [6.07, 6.45) is 1.06. The van der Waals surface area contributed by atoms with Gasteiger partial charge >= 0.3 is 0 Å². The summed E-state index contributed by atoms with van der Waals surface area (Å²) in [5.41, 5.74) is 3.12. The number of furan rings is 1. The molecule has 4 aromatic heterocycles. The van der Waals surface area contributed by atoms with Crippen LogP contribution in [0.15, 0.2) is 59.9 Å². The number of aliphatic hydroxyl groups excluding tert-OH is 3. The highest BCUT2D eigenvalue weighted by Gasteiger charge is 2.44. The summed E-state index contributed by atoms with van der Waals surface area (Å²) < 4.78 is 14.2. The van der Waals surface area contributed by atoms with Gasteiger partial charge in [0, 0.05) is 5.56 Å². The minimum Gasteiger partial charge on any atom is -0.472 e. The number of para-hydroxylation sites is 1. The van der Waals surface area contributed by atoms with Gasteiger partial charge in [0.2, 0.25) is 0 Å². The first-order valence-corrected chi connectivity index (χ1v) is 10.5. The minimum atomic E-state index is -1.26. The fourth-order valence-corrected chi connectivity index (χ4v) is 4.18. The lowest BCUT2D eigenvalue weighted by atomic mass is 10.1. The SMILES string of the molecule is OC[C@H]1O[C@@H](n2cnc3c(NC(c4ccoc4)n4nnc5ccccc54)ncnc32)[C@H](O)[C@@H]1O. The monoisotopic (exact) mass is 464 g/mol. The fraction of sp³-hybridized carbons (Fsp3) is 0.286. The van der Waals surface area contributed by atoms with Crippen molar-refractivity contribution in [3.05, 3.63) is 61.1 Å². The van der Waals surface area contributed by atoms with Crippen LogP contribution in [0.25, 0.3) is 22.2 Å². The Kier molecular flexibility index (Phi) is 4.95.